The van der Waals surface area contributed by atoms with Gasteiger partial charge in [-0.15, -0.1) is 0 Å². The molecule has 18 heavy (non-hydrogen) atoms. The zero-order chi connectivity index (χ0) is 12.4. The SMILES string of the molecule is NNC(c1cnc2ccccc2c1)C1CCOC1. The number of nitrogens with one attached hydrogen (secondary N) is 1. The largest absolute Gasteiger partial charge is 0.381 e. The van der Waals surface area contributed by atoms with Crippen LogP contribution in [0.3, 0.4) is 0 Å². The summed E-state index contributed by atoms with van der Waals surface area (Å²) in [5.74, 6) is 6.12. The van der Waals surface area contributed by atoms with E-state index in [4.69, 9.17) is 10.6 Å². The molecule has 94 valence electrons. The molecule has 1 aromatic carbocycles. The normalized spacial score (nSPS) is 21.3. The van der Waals surface area contributed by atoms with Gasteiger partial charge in [-0.2, -0.15) is 0 Å². The maximum atomic E-state index is 5.70. The van der Waals surface area contributed by atoms with Crippen molar-refractivity contribution in [3.63, 3.8) is 0 Å². The molecule has 3 rings (SSSR count). The number of para-hydroxylation sites is 1. The molecule has 2 heterocycles. The van der Waals surface area contributed by atoms with Crippen LogP contribution in [-0.4, -0.2) is 18.2 Å². The van der Waals surface area contributed by atoms with E-state index < -0.39 is 0 Å². The second kappa shape index (κ2) is 5.02. The third-order valence-electron chi connectivity index (χ3n) is 3.59. The molecule has 2 unspecified atom stereocenters. The van der Waals surface area contributed by atoms with Crippen molar-refractivity contribution in [2.24, 2.45) is 11.8 Å². The lowest BCUT2D eigenvalue weighted by Crippen LogP contribution is -2.34. The van der Waals surface area contributed by atoms with Crippen molar-refractivity contribution in [2.45, 2.75) is 12.5 Å². The molecule has 0 bridgehead atoms. The van der Waals surface area contributed by atoms with Gasteiger partial charge in [0.2, 0.25) is 0 Å². The highest BCUT2D eigenvalue weighted by molar-refractivity contribution is 5.78. The lowest BCUT2D eigenvalue weighted by Gasteiger charge is -2.21. The Kier molecular flexibility index (Phi) is 3.23. The van der Waals surface area contributed by atoms with E-state index in [0.717, 1.165) is 36.1 Å². The van der Waals surface area contributed by atoms with Crippen LogP contribution < -0.4 is 11.3 Å². The summed E-state index contributed by atoms with van der Waals surface area (Å²) in [5, 5.41) is 1.15. The van der Waals surface area contributed by atoms with E-state index in [2.05, 4.69) is 22.5 Å². The van der Waals surface area contributed by atoms with E-state index >= 15 is 0 Å². The average Bonchev–Trinajstić information content (AvgIpc) is 2.93. The van der Waals surface area contributed by atoms with Crippen LogP contribution in [0.25, 0.3) is 10.9 Å². The molecule has 3 N–H and O–H groups in total. The number of hydrogen-bond donors (Lipinski definition) is 2. The molecule has 0 amide bonds. The molecule has 1 saturated heterocycles. The Hall–Kier alpha value is -1.49. The van der Waals surface area contributed by atoms with Crippen molar-refractivity contribution < 1.29 is 4.74 Å². The van der Waals surface area contributed by atoms with E-state index in [9.17, 15) is 0 Å². The van der Waals surface area contributed by atoms with Crippen molar-refractivity contribution in [2.75, 3.05) is 13.2 Å². The van der Waals surface area contributed by atoms with Gasteiger partial charge in [0.25, 0.3) is 0 Å². The monoisotopic (exact) mass is 243 g/mol. The molecule has 1 fully saturated rings. The number of pyridine rings is 1. The predicted molar refractivity (Wildman–Crippen MR) is 70.7 cm³/mol. The number of hydrazine groups is 1. The van der Waals surface area contributed by atoms with Gasteiger partial charge in [0.15, 0.2) is 0 Å². The molecule has 1 aliphatic rings. The van der Waals surface area contributed by atoms with Crippen LogP contribution in [0.5, 0.6) is 0 Å². The molecule has 0 spiro atoms. The summed E-state index contributed by atoms with van der Waals surface area (Å²) in [6, 6.07) is 10.4. The summed E-state index contributed by atoms with van der Waals surface area (Å²) >= 11 is 0. The standard InChI is InChI=1S/C14H17N3O/c15-17-14(11-5-6-18-9-11)12-7-10-3-1-2-4-13(10)16-8-12/h1-4,7-8,11,14,17H,5-6,9,15H2. The van der Waals surface area contributed by atoms with Gasteiger partial charge in [-0.3, -0.25) is 16.3 Å². The molecule has 4 heteroatoms. The van der Waals surface area contributed by atoms with Crippen molar-refractivity contribution >= 4 is 10.9 Å². The van der Waals surface area contributed by atoms with Crippen molar-refractivity contribution in [1.82, 2.24) is 10.4 Å². The van der Waals surface area contributed by atoms with Crippen LogP contribution in [0.1, 0.15) is 18.0 Å². The Morgan fingerprint density at radius 1 is 1.39 bits per heavy atom. The van der Waals surface area contributed by atoms with Gasteiger partial charge in [-0.25, -0.2) is 0 Å². The summed E-state index contributed by atoms with van der Waals surface area (Å²) in [6.07, 6.45) is 2.95. The van der Waals surface area contributed by atoms with Gasteiger partial charge in [0.1, 0.15) is 0 Å². The minimum Gasteiger partial charge on any atom is -0.381 e. The maximum Gasteiger partial charge on any atom is 0.0702 e. The van der Waals surface area contributed by atoms with Gasteiger partial charge in [0.05, 0.1) is 18.2 Å². The van der Waals surface area contributed by atoms with E-state index in [-0.39, 0.29) is 6.04 Å². The highest BCUT2D eigenvalue weighted by Crippen LogP contribution is 2.29. The van der Waals surface area contributed by atoms with Gasteiger partial charge in [-0.05, 0) is 24.1 Å². The number of nitrogens with zero attached hydrogens (tertiary/aromatic N) is 1. The number of hydrogen-bond acceptors (Lipinski definition) is 4. The molecule has 4 nitrogen and oxygen atoms in total. The summed E-state index contributed by atoms with van der Waals surface area (Å²) in [5.41, 5.74) is 5.05. The third-order valence-corrected chi connectivity index (χ3v) is 3.59. The molecular weight excluding hydrogens is 226 g/mol. The highest BCUT2D eigenvalue weighted by atomic mass is 16.5. The number of benzene rings is 1. The molecule has 0 radical (unpaired) electrons. The number of fused-ring (bicyclic) bond motifs is 1. The Bertz CT molecular complexity index is 537. The second-order valence-corrected chi connectivity index (χ2v) is 4.73. The quantitative estimate of drug-likeness (QED) is 0.637. The first-order valence-electron chi connectivity index (χ1n) is 6.27. The molecule has 0 aliphatic carbocycles. The summed E-state index contributed by atoms with van der Waals surface area (Å²) in [7, 11) is 0. The topological polar surface area (TPSA) is 60.2 Å². The van der Waals surface area contributed by atoms with Crippen molar-refractivity contribution in [3.8, 4) is 0 Å². The smallest absolute Gasteiger partial charge is 0.0702 e. The summed E-state index contributed by atoms with van der Waals surface area (Å²) in [6.45, 7) is 1.59. The number of ether oxygens (including phenoxy) is 1. The average molecular weight is 243 g/mol. The van der Waals surface area contributed by atoms with Crippen molar-refractivity contribution in [3.05, 3.63) is 42.1 Å². The van der Waals surface area contributed by atoms with E-state index in [1.165, 1.54) is 0 Å². The first kappa shape index (κ1) is 11.6. The molecule has 0 saturated carbocycles. The van der Waals surface area contributed by atoms with Crippen LogP contribution in [0.15, 0.2) is 36.5 Å². The zero-order valence-corrected chi connectivity index (χ0v) is 10.2. The van der Waals surface area contributed by atoms with Gasteiger partial charge in [-0.1, -0.05) is 18.2 Å². The Balaban J connectivity index is 1.96. The van der Waals surface area contributed by atoms with E-state index in [1.54, 1.807) is 0 Å². The van der Waals surface area contributed by atoms with Crippen LogP contribution >= 0.6 is 0 Å². The molecular formula is C14H17N3O. The van der Waals surface area contributed by atoms with Crippen LogP contribution in [0.2, 0.25) is 0 Å². The van der Waals surface area contributed by atoms with E-state index in [1.807, 2.05) is 24.4 Å². The zero-order valence-electron chi connectivity index (χ0n) is 10.2. The number of aromatic nitrogens is 1. The maximum absolute atomic E-state index is 5.70. The van der Waals surface area contributed by atoms with Gasteiger partial charge in [0, 0.05) is 24.1 Å². The first-order valence-corrected chi connectivity index (χ1v) is 6.27. The lowest BCUT2D eigenvalue weighted by atomic mass is 9.93. The fraction of sp³-hybridized carbons (Fsp3) is 0.357. The highest BCUT2D eigenvalue weighted by Gasteiger charge is 2.26. The molecule has 2 atom stereocenters. The number of nitrogens with two attached hydrogens (primary N) is 1. The first-order chi connectivity index (χ1) is 8.88. The Morgan fingerprint density at radius 2 is 2.28 bits per heavy atom. The van der Waals surface area contributed by atoms with Crippen molar-refractivity contribution in [1.29, 1.82) is 0 Å². The Labute approximate surface area is 106 Å². The van der Waals surface area contributed by atoms with Gasteiger partial charge < -0.3 is 4.74 Å². The van der Waals surface area contributed by atoms with Crippen LogP contribution in [0.4, 0.5) is 0 Å². The lowest BCUT2D eigenvalue weighted by molar-refractivity contribution is 0.177. The summed E-state index contributed by atoms with van der Waals surface area (Å²) < 4.78 is 5.43. The summed E-state index contributed by atoms with van der Waals surface area (Å²) in [4.78, 5) is 4.49. The van der Waals surface area contributed by atoms with E-state index in [0.29, 0.717) is 5.92 Å². The predicted octanol–water partition coefficient (Wildman–Crippen LogP) is 1.78. The minimum absolute atomic E-state index is 0.115. The minimum atomic E-state index is 0.115. The molecule has 1 aromatic heterocycles. The fourth-order valence-electron chi connectivity index (χ4n) is 2.58. The Morgan fingerprint density at radius 3 is 3.06 bits per heavy atom. The van der Waals surface area contributed by atoms with Crippen LogP contribution in [0, 0.1) is 5.92 Å². The fourth-order valence-corrected chi connectivity index (χ4v) is 2.58. The van der Waals surface area contributed by atoms with Gasteiger partial charge >= 0.3 is 0 Å². The molecule has 1 aliphatic heterocycles. The third kappa shape index (κ3) is 2.10. The number of rotatable bonds is 3. The van der Waals surface area contributed by atoms with Crippen LogP contribution in [-0.2, 0) is 4.74 Å². The molecule has 2 aromatic rings. The second-order valence-electron chi connectivity index (χ2n) is 4.73.